The lowest BCUT2D eigenvalue weighted by atomic mass is 9.79. The Labute approximate surface area is 163 Å². The van der Waals surface area contributed by atoms with Crippen LogP contribution in [-0.2, 0) is 9.31 Å². The number of rotatable bonds is 4. The molecule has 0 atom stereocenters. The molecule has 0 spiro atoms. The molecule has 0 bridgehead atoms. The molecule has 2 saturated heterocycles. The summed E-state index contributed by atoms with van der Waals surface area (Å²) in [5.41, 5.74) is 1.70. The van der Waals surface area contributed by atoms with E-state index in [9.17, 15) is 4.39 Å². The van der Waals surface area contributed by atoms with Gasteiger partial charge in [0.15, 0.2) is 0 Å². The Morgan fingerprint density at radius 1 is 0.963 bits per heavy atom. The van der Waals surface area contributed by atoms with Crippen molar-refractivity contribution < 1.29 is 13.7 Å². The molecule has 4 rings (SSSR count). The fourth-order valence-electron chi connectivity index (χ4n) is 4.18. The molecule has 1 saturated carbocycles. The Bertz CT molecular complexity index is 637. The minimum atomic E-state index is -0.543. The van der Waals surface area contributed by atoms with Crippen LogP contribution in [0.3, 0.4) is 0 Å². The second kappa shape index (κ2) is 7.05. The van der Waals surface area contributed by atoms with Gasteiger partial charge in [0.1, 0.15) is 6.17 Å². The summed E-state index contributed by atoms with van der Waals surface area (Å²) >= 11 is 0. The first-order chi connectivity index (χ1) is 12.7. The van der Waals surface area contributed by atoms with Crippen LogP contribution in [0.15, 0.2) is 24.3 Å². The van der Waals surface area contributed by atoms with E-state index in [0.29, 0.717) is 5.92 Å². The van der Waals surface area contributed by atoms with Gasteiger partial charge < -0.3 is 14.2 Å². The van der Waals surface area contributed by atoms with Gasteiger partial charge in [0, 0.05) is 38.4 Å². The van der Waals surface area contributed by atoms with E-state index in [1.807, 2.05) is 0 Å². The van der Waals surface area contributed by atoms with Crippen LogP contribution in [-0.4, -0.2) is 62.1 Å². The van der Waals surface area contributed by atoms with E-state index >= 15 is 0 Å². The van der Waals surface area contributed by atoms with Crippen molar-refractivity contribution in [2.24, 2.45) is 5.92 Å². The molecule has 1 aromatic rings. The fourth-order valence-corrected chi connectivity index (χ4v) is 4.18. The van der Waals surface area contributed by atoms with Crippen LogP contribution in [0.5, 0.6) is 0 Å². The molecule has 4 nitrogen and oxygen atoms in total. The fraction of sp³-hybridized carbons (Fsp3) is 0.714. The van der Waals surface area contributed by atoms with Crippen LogP contribution in [0.1, 0.15) is 40.5 Å². The molecule has 1 aliphatic carbocycles. The molecule has 3 aliphatic rings. The van der Waals surface area contributed by atoms with Gasteiger partial charge >= 0.3 is 7.12 Å². The van der Waals surface area contributed by atoms with Gasteiger partial charge in [-0.05, 0) is 64.1 Å². The highest BCUT2D eigenvalue weighted by Crippen LogP contribution is 2.36. The highest BCUT2D eigenvalue weighted by atomic mass is 19.1. The normalized spacial score (nSPS) is 30.4. The Morgan fingerprint density at radius 3 is 2.04 bits per heavy atom. The lowest BCUT2D eigenvalue weighted by Crippen LogP contribution is -2.49. The smallest absolute Gasteiger partial charge is 0.399 e. The molecule has 2 heterocycles. The maximum absolute atomic E-state index is 13.0. The van der Waals surface area contributed by atoms with Crippen molar-refractivity contribution in [1.29, 1.82) is 0 Å². The molecule has 0 N–H and O–H groups in total. The van der Waals surface area contributed by atoms with Crippen molar-refractivity contribution in [3.63, 3.8) is 0 Å². The summed E-state index contributed by atoms with van der Waals surface area (Å²) in [5.74, 6) is 0.575. The summed E-state index contributed by atoms with van der Waals surface area (Å²) in [7, 11) is -0.303. The summed E-state index contributed by atoms with van der Waals surface area (Å²) in [6, 6.07) is 8.60. The van der Waals surface area contributed by atoms with Crippen LogP contribution >= 0.6 is 0 Å². The Morgan fingerprint density at radius 2 is 1.52 bits per heavy atom. The molecular weight excluding hydrogens is 342 g/mol. The highest BCUT2D eigenvalue weighted by Gasteiger charge is 2.51. The molecule has 2 aliphatic heterocycles. The van der Waals surface area contributed by atoms with Gasteiger partial charge in [-0.15, -0.1) is 0 Å². The first-order valence-electron chi connectivity index (χ1n) is 10.3. The number of piperazine rings is 1. The third-order valence-corrected chi connectivity index (χ3v) is 6.85. The zero-order chi connectivity index (χ0) is 19.2. The van der Waals surface area contributed by atoms with Gasteiger partial charge in [0.25, 0.3) is 0 Å². The lowest BCUT2D eigenvalue weighted by molar-refractivity contribution is 0.00578. The van der Waals surface area contributed by atoms with Gasteiger partial charge in [0.2, 0.25) is 0 Å². The van der Waals surface area contributed by atoms with Crippen LogP contribution in [0, 0.1) is 5.92 Å². The zero-order valence-corrected chi connectivity index (χ0v) is 17.1. The molecule has 27 heavy (non-hydrogen) atoms. The number of alkyl halides is 1. The number of benzene rings is 1. The SMILES string of the molecule is CC1(C)OB(c2ccc(N3CCN(CC4CC(F)C4)CC3)cc2)OC1(C)C. The van der Waals surface area contributed by atoms with Crippen LogP contribution < -0.4 is 10.4 Å². The number of hydrogen-bond acceptors (Lipinski definition) is 4. The lowest BCUT2D eigenvalue weighted by Gasteiger charge is -2.40. The molecule has 0 amide bonds. The standard InChI is InChI=1S/C21H32BFN2O2/c1-20(2)21(3,4)27-22(26-20)17-5-7-19(8-6-17)25-11-9-24(10-12-25)15-16-13-18(23)14-16/h5-8,16,18H,9-15H2,1-4H3. The molecule has 6 heteroatoms. The van der Waals surface area contributed by atoms with Gasteiger partial charge in [-0.25, -0.2) is 4.39 Å². The molecule has 0 aromatic heterocycles. The highest BCUT2D eigenvalue weighted by molar-refractivity contribution is 6.62. The van der Waals surface area contributed by atoms with Crippen LogP contribution in [0.2, 0.25) is 0 Å². The largest absolute Gasteiger partial charge is 0.494 e. The predicted octanol–water partition coefficient (Wildman–Crippen LogP) is 2.86. The van der Waals surface area contributed by atoms with Gasteiger partial charge in [-0.2, -0.15) is 0 Å². The van der Waals surface area contributed by atoms with E-state index in [0.717, 1.165) is 51.0 Å². The van der Waals surface area contributed by atoms with E-state index in [2.05, 4.69) is 61.8 Å². The van der Waals surface area contributed by atoms with Gasteiger partial charge in [0.05, 0.1) is 11.2 Å². The van der Waals surface area contributed by atoms with Crippen molar-refractivity contribution in [2.45, 2.75) is 57.9 Å². The van der Waals surface area contributed by atoms with E-state index in [4.69, 9.17) is 9.31 Å². The maximum Gasteiger partial charge on any atom is 0.494 e. The third-order valence-electron chi connectivity index (χ3n) is 6.85. The van der Waals surface area contributed by atoms with E-state index in [1.54, 1.807) is 0 Å². The van der Waals surface area contributed by atoms with E-state index in [-0.39, 0.29) is 18.3 Å². The number of nitrogens with zero attached hydrogens (tertiary/aromatic N) is 2. The van der Waals surface area contributed by atoms with Crippen molar-refractivity contribution >= 4 is 18.3 Å². The third kappa shape index (κ3) is 3.89. The molecule has 1 aromatic carbocycles. The molecular formula is C21H32BFN2O2. The van der Waals surface area contributed by atoms with Crippen molar-refractivity contribution in [1.82, 2.24) is 4.90 Å². The second-order valence-electron chi connectivity index (χ2n) is 9.40. The minimum Gasteiger partial charge on any atom is -0.399 e. The van der Waals surface area contributed by atoms with Crippen molar-refractivity contribution in [2.75, 3.05) is 37.6 Å². The van der Waals surface area contributed by atoms with Gasteiger partial charge in [-0.3, -0.25) is 4.90 Å². The van der Waals surface area contributed by atoms with Crippen LogP contribution in [0.4, 0.5) is 10.1 Å². The molecule has 0 radical (unpaired) electrons. The van der Waals surface area contributed by atoms with E-state index < -0.39 is 6.17 Å². The zero-order valence-electron chi connectivity index (χ0n) is 17.1. The quantitative estimate of drug-likeness (QED) is 0.757. The number of halogens is 1. The first kappa shape index (κ1) is 19.2. The average molecular weight is 374 g/mol. The summed E-state index contributed by atoms with van der Waals surface area (Å²) in [5, 5.41) is 0. The maximum atomic E-state index is 13.0. The molecule has 3 fully saturated rings. The minimum absolute atomic E-state index is 0.303. The summed E-state index contributed by atoms with van der Waals surface area (Å²) in [6.45, 7) is 13.6. The Kier molecular flexibility index (Phi) is 5.02. The van der Waals surface area contributed by atoms with Gasteiger partial charge in [-0.1, -0.05) is 12.1 Å². The van der Waals surface area contributed by atoms with Crippen molar-refractivity contribution in [3.05, 3.63) is 24.3 Å². The molecule has 0 unspecified atom stereocenters. The number of anilines is 1. The number of hydrogen-bond donors (Lipinski definition) is 0. The summed E-state index contributed by atoms with van der Waals surface area (Å²) in [4.78, 5) is 4.93. The monoisotopic (exact) mass is 374 g/mol. The predicted molar refractivity (Wildman–Crippen MR) is 108 cm³/mol. The Balaban J connectivity index is 1.31. The Hall–Kier alpha value is -1.11. The molecule has 148 valence electrons. The second-order valence-corrected chi connectivity index (χ2v) is 9.40. The first-order valence-corrected chi connectivity index (χ1v) is 10.3. The summed E-state index contributed by atoms with van der Waals surface area (Å²) < 4.78 is 25.3. The summed E-state index contributed by atoms with van der Waals surface area (Å²) in [6.07, 6.45) is 0.986. The average Bonchev–Trinajstić information content (AvgIpc) is 2.82. The van der Waals surface area contributed by atoms with E-state index in [1.165, 1.54) is 5.69 Å². The van der Waals surface area contributed by atoms with Crippen LogP contribution in [0.25, 0.3) is 0 Å². The topological polar surface area (TPSA) is 24.9 Å². The van der Waals surface area contributed by atoms with Crippen molar-refractivity contribution in [3.8, 4) is 0 Å².